The highest BCUT2D eigenvalue weighted by atomic mass is 16.5. The van der Waals surface area contributed by atoms with E-state index in [0.717, 1.165) is 34.7 Å². The monoisotopic (exact) mass is 347 g/mol. The average molecular weight is 347 g/mol. The van der Waals surface area contributed by atoms with E-state index in [0.29, 0.717) is 0 Å². The second kappa shape index (κ2) is 5.94. The van der Waals surface area contributed by atoms with E-state index in [4.69, 9.17) is 9.47 Å². The van der Waals surface area contributed by atoms with E-state index in [1.54, 1.807) is 7.11 Å². The van der Waals surface area contributed by atoms with Gasteiger partial charge >= 0.3 is 0 Å². The van der Waals surface area contributed by atoms with Gasteiger partial charge in [-0.3, -0.25) is 0 Å². The van der Waals surface area contributed by atoms with Crippen LogP contribution in [0, 0.1) is 0 Å². The van der Waals surface area contributed by atoms with Crippen molar-refractivity contribution in [3.63, 3.8) is 0 Å². The molecular weight excluding hydrogens is 322 g/mol. The van der Waals surface area contributed by atoms with Crippen molar-refractivity contribution in [2.24, 2.45) is 0 Å². The topological polar surface area (TPSA) is 30.5 Å². The minimum absolute atomic E-state index is 0.0763. The van der Waals surface area contributed by atoms with E-state index in [1.165, 1.54) is 16.7 Å². The van der Waals surface area contributed by atoms with Crippen LogP contribution in [0.15, 0.2) is 49.1 Å². The zero-order valence-corrected chi connectivity index (χ0v) is 15.8. The Bertz CT molecular complexity index is 924. The first kappa shape index (κ1) is 16.8. The summed E-state index contributed by atoms with van der Waals surface area (Å²) in [5, 5.41) is 3.64. The molecule has 134 valence electrons. The maximum atomic E-state index is 6.38. The predicted molar refractivity (Wildman–Crippen MR) is 108 cm³/mol. The minimum Gasteiger partial charge on any atom is -0.496 e. The van der Waals surface area contributed by atoms with Crippen LogP contribution < -0.4 is 14.8 Å². The van der Waals surface area contributed by atoms with Gasteiger partial charge in [0.05, 0.1) is 12.6 Å². The molecule has 2 aromatic carbocycles. The fourth-order valence-electron chi connectivity index (χ4n) is 4.26. The molecule has 0 bridgehead atoms. The standard InChI is InChI=1S/C23H25NO2/c1-6-9-18-22-20-14(2)13-23(3,4)24-16(20)12-19(25-5)21(22)15-10-7-8-11-17(15)26-18/h6-8,10-13,18,24H,1,9H2,2-5H3. The number of anilines is 1. The zero-order chi connectivity index (χ0) is 18.5. The van der Waals surface area contributed by atoms with E-state index < -0.39 is 0 Å². The Morgan fingerprint density at radius 3 is 2.77 bits per heavy atom. The number of nitrogens with one attached hydrogen (secondary N) is 1. The molecule has 26 heavy (non-hydrogen) atoms. The summed E-state index contributed by atoms with van der Waals surface area (Å²) in [5.74, 6) is 1.78. The van der Waals surface area contributed by atoms with Crippen molar-refractivity contribution in [3.05, 3.63) is 60.2 Å². The molecule has 3 nitrogen and oxygen atoms in total. The van der Waals surface area contributed by atoms with Gasteiger partial charge < -0.3 is 14.8 Å². The molecule has 4 rings (SSSR count). The summed E-state index contributed by atoms with van der Waals surface area (Å²) in [4.78, 5) is 0. The number of methoxy groups -OCH3 is 1. The Labute approximate surface area is 155 Å². The third-order valence-corrected chi connectivity index (χ3v) is 5.11. The largest absolute Gasteiger partial charge is 0.496 e. The summed E-state index contributed by atoms with van der Waals surface area (Å²) in [7, 11) is 1.74. The van der Waals surface area contributed by atoms with Gasteiger partial charge in [-0.25, -0.2) is 0 Å². The van der Waals surface area contributed by atoms with Gasteiger partial charge in [-0.15, -0.1) is 6.58 Å². The lowest BCUT2D eigenvalue weighted by Crippen LogP contribution is -2.32. The maximum Gasteiger partial charge on any atom is 0.129 e. The molecule has 0 fully saturated rings. The molecule has 2 aromatic rings. The molecule has 2 heterocycles. The van der Waals surface area contributed by atoms with Crippen molar-refractivity contribution >= 4 is 11.3 Å². The zero-order valence-electron chi connectivity index (χ0n) is 15.8. The van der Waals surface area contributed by atoms with Crippen LogP contribution in [0.2, 0.25) is 0 Å². The summed E-state index contributed by atoms with van der Waals surface area (Å²) < 4.78 is 12.2. The van der Waals surface area contributed by atoms with E-state index in [1.807, 2.05) is 24.3 Å². The molecule has 0 amide bonds. The Kier molecular flexibility index (Phi) is 3.83. The summed E-state index contributed by atoms with van der Waals surface area (Å²) >= 11 is 0. The molecule has 3 heteroatoms. The van der Waals surface area contributed by atoms with Gasteiger partial charge in [0.2, 0.25) is 0 Å². The molecule has 1 N–H and O–H groups in total. The lowest BCUT2D eigenvalue weighted by atomic mass is 9.81. The van der Waals surface area contributed by atoms with Crippen molar-refractivity contribution < 1.29 is 9.47 Å². The fraction of sp³-hybridized carbons (Fsp3) is 0.304. The lowest BCUT2D eigenvalue weighted by Gasteiger charge is -2.37. The molecule has 0 aliphatic carbocycles. The Morgan fingerprint density at radius 2 is 2.04 bits per heavy atom. The highest BCUT2D eigenvalue weighted by Crippen LogP contribution is 2.53. The number of ether oxygens (including phenoxy) is 2. The Morgan fingerprint density at radius 1 is 1.27 bits per heavy atom. The van der Waals surface area contributed by atoms with Gasteiger partial charge in [0, 0.05) is 40.4 Å². The minimum atomic E-state index is -0.0995. The van der Waals surface area contributed by atoms with Crippen molar-refractivity contribution in [1.82, 2.24) is 0 Å². The van der Waals surface area contributed by atoms with Crippen LogP contribution >= 0.6 is 0 Å². The molecule has 1 atom stereocenters. The van der Waals surface area contributed by atoms with Crippen LogP contribution in [0.25, 0.3) is 16.7 Å². The molecule has 0 saturated heterocycles. The first-order chi connectivity index (χ1) is 12.4. The molecule has 0 saturated carbocycles. The molecule has 1 unspecified atom stereocenters. The van der Waals surface area contributed by atoms with Gasteiger partial charge in [0.25, 0.3) is 0 Å². The molecule has 0 aromatic heterocycles. The third-order valence-electron chi connectivity index (χ3n) is 5.11. The highest BCUT2D eigenvalue weighted by Gasteiger charge is 2.35. The van der Waals surface area contributed by atoms with Crippen molar-refractivity contribution in [3.8, 4) is 22.6 Å². The van der Waals surface area contributed by atoms with Crippen LogP contribution in [-0.2, 0) is 0 Å². The average Bonchev–Trinajstić information content (AvgIpc) is 2.59. The van der Waals surface area contributed by atoms with E-state index in [2.05, 4.69) is 50.9 Å². The van der Waals surface area contributed by atoms with Crippen molar-refractivity contribution in [2.75, 3.05) is 12.4 Å². The number of benzene rings is 2. The molecular formula is C23H25NO2. The number of hydrogen-bond donors (Lipinski definition) is 1. The number of fused-ring (bicyclic) bond motifs is 5. The van der Waals surface area contributed by atoms with Crippen LogP contribution in [0.4, 0.5) is 5.69 Å². The number of para-hydroxylation sites is 1. The summed E-state index contributed by atoms with van der Waals surface area (Å²) in [6.07, 6.45) is 4.88. The smallest absolute Gasteiger partial charge is 0.129 e. The predicted octanol–water partition coefficient (Wildman–Crippen LogP) is 5.98. The summed E-state index contributed by atoms with van der Waals surface area (Å²) in [5.41, 5.74) is 6.89. The van der Waals surface area contributed by atoms with E-state index in [-0.39, 0.29) is 11.6 Å². The second-order valence-electron chi connectivity index (χ2n) is 7.59. The van der Waals surface area contributed by atoms with Gasteiger partial charge in [0.15, 0.2) is 0 Å². The highest BCUT2D eigenvalue weighted by molar-refractivity contribution is 5.92. The number of hydrogen-bond acceptors (Lipinski definition) is 3. The molecule has 2 aliphatic rings. The SMILES string of the molecule is C=CCC1Oc2ccccc2-c2c(OC)cc3c(c21)C(C)=CC(C)(C)N3. The maximum absolute atomic E-state index is 6.38. The van der Waals surface area contributed by atoms with Gasteiger partial charge in [0.1, 0.15) is 17.6 Å². The quantitative estimate of drug-likeness (QED) is 0.693. The molecule has 0 spiro atoms. The van der Waals surface area contributed by atoms with E-state index in [9.17, 15) is 0 Å². The molecule has 0 radical (unpaired) electrons. The number of rotatable bonds is 3. The second-order valence-corrected chi connectivity index (χ2v) is 7.59. The summed E-state index contributed by atoms with van der Waals surface area (Å²) in [6.45, 7) is 10.5. The van der Waals surface area contributed by atoms with Crippen LogP contribution in [0.3, 0.4) is 0 Å². The Balaban J connectivity index is 2.08. The van der Waals surface area contributed by atoms with Crippen LogP contribution in [0.1, 0.15) is 44.4 Å². The summed E-state index contributed by atoms with van der Waals surface area (Å²) in [6, 6.07) is 10.3. The van der Waals surface area contributed by atoms with Crippen LogP contribution in [-0.4, -0.2) is 12.6 Å². The van der Waals surface area contributed by atoms with Gasteiger partial charge in [-0.05, 0) is 32.4 Å². The van der Waals surface area contributed by atoms with Crippen LogP contribution in [0.5, 0.6) is 11.5 Å². The Hall–Kier alpha value is -2.68. The first-order valence-corrected chi connectivity index (χ1v) is 9.05. The number of allylic oxidation sites excluding steroid dienone is 1. The van der Waals surface area contributed by atoms with Crippen molar-refractivity contribution in [1.29, 1.82) is 0 Å². The van der Waals surface area contributed by atoms with Gasteiger partial charge in [-0.1, -0.05) is 30.4 Å². The van der Waals surface area contributed by atoms with Crippen molar-refractivity contribution in [2.45, 2.75) is 38.8 Å². The van der Waals surface area contributed by atoms with E-state index >= 15 is 0 Å². The first-order valence-electron chi connectivity index (χ1n) is 9.05. The molecule has 2 aliphatic heterocycles. The van der Waals surface area contributed by atoms with Gasteiger partial charge in [-0.2, -0.15) is 0 Å². The fourth-order valence-corrected chi connectivity index (χ4v) is 4.26. The third kappa shape index (κ3) is 2.50. The normalized spacial score (nSPS) is 19.1. The lowest BCUT2D eigenvalue weighted by molar-refractivity contribution is 0.205.